The van der Waals surface area contributed by atoms with Crippen LogP contribution in [0.15, 0.2) is 34.2 Å². The van der Waals surface area contributed by atoms with Crippen molar-refractivity contribution >= 4 is 11.4 Å². The molecule has 0 spiro atoms. The number of pyridine rings is 1. The Morgan fingerprint density at radius 3 is 2.39 bits per heavy atom. The molecule has 6 nitrogen and oxygen atoms in total. The number of aryl methyl sites for hydroxylation is 1. The number of nitriles is 1. The highest BCUT2D eigenvalue weighted by molar-refractivity contribution is 5.59. The van der Waals surface area contributed by atoms with Gasteiger partial charge in [-0.2, -0.15) is 5.26 Å². The molecule has 118 valence electrons. The van der Waals surface area contributed by atoms with Gasteiger partial charge in [-0.1, -0.05) is 22.4 Å². The topological polar surface area (TPSA) is 70.4 Å². The van der Waals surface area contributed by atoms with Gasteiger partial charge < -0.3 is 4.74 Å². The van der Waals surface area contributed by atoms with Gasteiger partial charge in [-0.25, -0.2) is 0 Å². The van der Waals surface area contributed by atoms with Crippen LogP contribution in [0.1, 0.15) is 16.7 Å². The molecule has 0 radical (unpaired) electrons. The number of azo groups is 2. The van der Waals surface area contributed by atoms with Gasteiger partial charge in [-0.05, 0) is 13.8 Å². The fourth-order valence-electron chi connectivity index (χ4n) is 2.31. The van der Waals surface area contributed by atoms with Gasteiger partial charge in [0.1, 0.15) is 11.6 Å². The highest BCUT2D eigenvalue weighted by atomic mass is 16.5. The Morgan fingerprint density at radius 1 is 1.26 bits per heavy atom. The average molecular weight is 311 g/mol. The van der Waals surface area contributed by atoms with E-state index in [0.717, 1.165) is 11.3 Å². The zero-order valence-electron chi connectivity index (χ0n) is 13.9. The van der Waals surface area contributed by atoms with Gasteiger partial charge in [0, 0.05) is 29.9 Å². The van der Waals surface area contributed by atoms with E-state index in [1.54, 1.807) is 25.7 Å². The van der Waals surface area contributed by atoms with Crippen molar-refractivity contribution in [1.82, 2.24) is 4.57 Å². The maximum atomic E-state index is 12.2. The van der Waals surface area contributed by atoms with E-state index in [2.05, 4.69) is 5.11 Å². The average Bonchev–Trinajstić information content (AvgIpc) is 2.54. The van der Waals surface area contributed by atoms with Crippen molar-refractivity contribution in [2.24, 2.45) is 12.2 Å². The maximum absolute atomic E-state index is 12.2. The first-order valence-corrected chi connectivity index (χ1v) is 7.10. The Bertz CT molecular complexity index is 868. The lowest BCUT2D eigenvalue weighted by Gasteiger charge is -2.11. The van der Waals surface area contributed by atoms with E-state index in [-0.39, 0.29) is 5.56 Å². The van der Waals surface area contributed by atoms with Crippen LogP contribution in [0.3, 0.4) is 0 Å². The third kappa shape index (κ3) is 2.99. The minimum atomic E-state index is -0.390. The van der Waals surface area contributed by atoms with Gasteiger partial charge in [0.2, 0.25) is 11.6 Å². The van der Waals surface area contributed by atoms with E-state index < -0.39 is 5.56 Å². The summed E-state index contributed by atoms with van der Waals surface area (Å²) >= 11 is 0. The number of hydrogen-bond acceptors (Lipinski definition) is 4. The Labute approximate surface area is 134 Å². The van der Waals surface area contributed by atoms with Gasteiger partial charge in [0.25, 0.3) is 5.56 Å². The Balaban J connectivity index is 2.70. The third-order valence-electron chi connectivity index (χ3n) is 3.72. The molecule has 0 saturated carbocycles. The predicted octanol–water partition coefficient (Wildman–Crippen LogP) is 2.94. The van der Waals surface area contributed by atoms with E-state index >= 15 is 0 Å². The van der Waals surface area contributed by atoms with Crippen LogP contribution in [-0.2, 0) is 7.05 Å². The van der Waals surface area contributed by atoms with Crippen LogP contribution in [0, 0.1) is 25.2 Å². The minimum Gasteiger partial charge on any atom is -0.480 e. The van der Waals surface area contributed by atoms with Crippen LogP contribution in [0.2, 0.25) is 0 Å². The lowest BCUT2D eigenvalue weighted by atomic mass is 10.1. The van der Waals surface area contributed by atoms with E-state index in [9.17, 15) is 10.1 Å². The summed E-state index contributed by atoms with van der Waals surface area (Å²) in [5.41, 5.74) is 2.71. The lowest BCUT2D eigenvalue weighted by molar-refractivity contribution is -0.476. The molecule has 0 amide bonds. The first kappa shape index (κ1) is 16.4. The second kappa shape index (κ2) is 6.44. The molecule has 0 N–H and O–H groups in total. The molecule has 23 heavy (non-hydrogen) atoms. The largest absolute Gasteiger partial charge is 0.480 e. The quantitative estimate of drug-likeness (QED) is 0.646. The van der Waals surface area contributed by atoms with E-state index in [1.165, 1.54) is 11.7 Å². The number of ether oxygens (including phenoxy) is 1. The van der Waals surface area contributed by atoms with Crippen molar-refractivity contribution in [3.63, 3.8) is 0 Å². The number of nitrogens with zero attached hydrogens (tertiary/aromatic N) is 4. The lowest BCUT2D eigenvalue weighted by Crippen LogP contribution is -2.22. The summed E-state index contributed by atoms with van der Waals surface area (Å²) in [6.45, 7) is 3.71. The second-order valence-corrected chi connectivity index (χ2v) is 5.29. The molecule has 0 fully saturated rings. The van der Waals surface area contributed by atoms with Crippen LogP contribution >= 0.6 is 0 Å². The van der Waals surface area contributed by atoms with Crippen LogP contribution in [0.5, 0.6) is 5.88 Å². The molecule has 0 saturated heterocycles. The number of hydrogen-bond donors (Lipinski definition) is 0. The predicted molar refractivity (Wildman–Crippen MR) is 86.8 cm³/mol. The molecule has 1 aromatic heterocycles. The number of methoxy groups -OCH3 is 1. The fourth-order valence-corrected chi connectivity index (χ4v) is 2.31. The molecular weight excluding hydrogens is 292 g/mol. The molecular formula is C17H19N4O2+. The van der Waals surface area contributed by atoms with Crippen molar-refractivity contribution in [2.45, 2.75) is 13.8 Å². The summed E-state index contributed by atoms with van der Waals surface area (Å²) in [7, 11) is 4.85. The number of rotatable bonds is 3. The molecule has 6 heteroatoms. The Kier molecular flexibility index (Phi) is 4.60. The first-order chi connectivity index (χ1) is 10.9. The van der Waals surface area contributed by atoms with E-state index in [4.69, 9.17) is 4.74 Å². The fraction of sp³-hybridized carbons (Fsp3) is 0.294. The first-order valence-electron chi connectivity index (χ1n) is 7.10. The maximum Gasteiger partial charge on any atom is 0.271 e. The standard InChI is InChI=1S/C17H19N4O2/c1-11-6-8-13(9-7-11)21(4)19-15-12(2)14(10-18)16(22)20(3)17(15)23-5/h6-9H,1-5H3/q+1. The number of benzene rings is 1. The molecule has 0 aliphatic rings. The monoisotopic (exact) mass is 311 g/mol. The minimum absolute atomic E-state index is 0.0735. The molecule has 0 bridgehead atoms. The van der Waals surface area contributed by atoms with Crippen molar-refractivity contribution in [3.05, 3.63) is 51.3 Å². The van der Waals surface area contributed by atoms with Crippen LogP contribution in [0.4, 0.5) is 11.4 Å². The number of aromatic nitrogens is 1. The van der Waals surface area contributed by atoms with Gasteiger partial charge in [-0.3, -0.25) is 9.36 Å². The van der Waals surface area contributed by atoms with Crippen LogP contribution in [-0.4, -0.2) is 23.4 Å². The molecule has 1 aromatic carbocycles. The molecule has 0 aliphatic carbocycles. The second-order valence-electron chi connectivity index (χ2n) is 5.29. The summed E-state index contributed by atoms with van der Waals surface area (Å²) in [4.78, 5) is 12.2. The van der Waals surface area contributed by atoms with Gasteiger partial charge in [-0.15, -0.1) is 0 Å². The molecule has 2 aromatic rings. The normalized spacial score (nSPS) is 11.2. The van der Waals surface area contributed by atoms with Crippen molar-refractivity contribution in [1.29, 1.82) is 5.26 Å². The summed E-state index contributed by atoms with van der Waals surface area (Å²) < 4.78 is 8.32. The zero-order chi connectivity index (χ0) is 17.1. The highest BCUT2D eigenvalue weighted by Gasteiger charge is 2.21. The molecule has 0 atom stereocenters. The molecule has 0 aliphatic heterocycles. The van der Waals surface area contributed by atoms with Gasteiger partial charge in [0.05, 0.1) is 7.11 Å². The highest BCUT2D eigenvalue weighted by Crippen LogP contribution is 2.31. The smallest absolute Gasteiger partial charge is 0.271 e. The van der Waals surface area contributed by atoms with Gasteiger partial charge in [0.15, 0.2) is 12.7 Å². The van der Waals surface area contributed by atoms with E-state index in [1.807, 2.05) is 37.3 Å². The molecule has 2 rings (SSSR count). The molecule has 1 heterocycles. The van der Waals surface area contributed by atoms with Crippen LogP contribution < -0.4 is 10.3 Å². The zero-order valence-corrected chi connectivity index (χ0v) is 13.9. The molecule has 0 unspecified atom stereocenters. The summed E-state index contributed by atoms with van der Waals surface area (Å²) in [6.07, 6.45) is 0. The Morgan fingerprint density at radius 2 is 1.87 bits per heavy atom. The summed E-state index contributed by atoms with van der Waals surface area (Å²) in [6, 6.07) is 9.84. The Hall–Kier alpha value is -2.94. The summed E-state index contributed by atoms with van der Waals surface area (Å²) in [5.74, 6) is 0.325. The van der Waals surface area contributed by atoms with Gasteiger partial charge >= 0.3 is 0 Å². The van der Waals surface area contributed by atoms with Crippen molar-refractivity contribution < 1.29 is 9.43 Å². The van der Waals surface area contributed by atoms with Crippen LogP contribution in [0.25, 0.3) is 0 Å². The van der Waals surface area contributed by atoms with E-state index in [0.29, 0.717) is 17.1 Å². The SMILES string of the molecule is COc1c(N=[N+](C)c2ccc(C)cc2)c(C)c(C#N)c(=O)n1C. The summed E-state index contributed by atoms with van der Waals surface area (Å²) in [5, 5.41) is 13.8. The third-order valence-corrected chi connectivity index (χ3v) is 3.72. The van der Waals surface area contributed by atoms with Crippen molar-refractivity contribution in [3.8, 4) is 11.9 Å². The van der Waals surface area contributed by atoms with Crippen molar-refractivity contribution in [2.75, 3.05) is 14.2 Å².